The number of ether oxygens (including phenoxy) is 1. The van der Waals surface area contributed by atoms with Crippen molar-refractivity contribution in [3.63, 3.8) is 0 Å². The third-order valence-corrected chi connectivity index (χ3v) is 4.64. The van der Waals surface area contributed by atoms with E-state index in [1.54, 1.807) is 7.11 Å². The van der Waals surface area contributed by atoms with Gasteiger partial charge in [0.25, 0.3) is 5.91 Å². The number of benzene rings is 2. The van der Waals surface area contributed by atoms with Crippen LogP contribution in [0.1, 0.15) is 23.0 Å². The molecule has 2 aromatic carbocycles. The number of aliphatic imine (C=N–C) groups is 1. The number of nitrogens with zero attached hydrogens (tertiary/aromatic N) is 2. The number of hydrazone groups is 1. The predicted octanol–water partition coefficient (Wildman–Crippen LogP) is 2.70. The quantitative estimate of drug-likeness (QED) is 0.397. The second-order valence-electron chi connectivity index (χ2n) is 6.63. The van der Waals surface area contributed by atoms with Gasteiger partial charge in [0.2, 0.25) is 5.96 Å². The molecule has 0 spiro atoms. The number of anilines is 1. The van der Waals surface area contributed by atoms with E-state index in [-0.39, 0.29) is 5.91 Å². The fourth-order valence-corrected chi connectivity index (χ4v) is 3.02. The minimum atomic E-state index is -0.203. The van der Waals surface area contributed by atoms with E-state index in [4.69, 9.17) is 4.74 Å². The van der Waals surface area contributed by atoms with E-state index in [0.29, 0.717) is 17.3 Å². The molecule has 0 saturated heterocycles. The van der Waals surface area contributed by atoms with E-state index in [1.165, 1.54) is 0 Å². The maximum Gasteiger partial charge on any atom is 0.272 e. The average molecular weight is 390 g/mol. The van der Waals surface area contributed by atoms with E-state index in [9.17, 15) is 4.79 Å². The Balaban J connectivity index is 1.42. The molecule has 0 radical (unpaired) electrons. The van der Waals surface area contributed by atoms with E-state index in [2.05, 4.69) is 31.1 Å². The number of methoxy groups -OCH3 is 1. The normalized spacial score (nSPS) is 13.7. The topological polar surface area (TPSA) is 103 Å². The number of fused-ring (bicyclic) bond motifs is 1. The molecule has 8 nitrogen and oxygen atoms in total. The Hall–Kier alpha value is -3.81. The zero-order chi connectivity index (χ0) is 20.2. The highest BCUT2D eigenvalue weighted by molar-refractivity contribution is 6.06. The number of nitrogens with one attached hydrogen (secondary N) is 4. The van der Waals surface area contributed by atoms with Crippen molar-refractivity contribution < 1.29 is 9.53 Å². The highest BCUT2D eigenvalue weighted by Crippen LogP contribution is 2.22. The number of amides is 1. The molecule has 0 atom stereocenters. The number of aromatic nitrogens is 1. The fraction of sp³-hybridized carbons (Fsp3) is 0.190. The number of carbonyl (C=O) groups is 1. The first-order valence-electron chi connectivity index (χ1n) is 9.29. The van der Waals surface area contributed by atoms with Crippen LogP contribution >= 0.6 is 0 Å². The van der Waals surface area contributed by atoms with E-state index in [1.807, 2.05) is 55.5 Å². The molecule has 0 unspecified atom stereocenters. The Labute approximate surface area is 168 Å². The third-order valence-electron chi connectivity index (χ3n) is 4.64. The van der Waals surface area contributed by atoms with E-state index in [0.717, 1.165) is 41.0 Å². The summed E-state index contributed by atoms with van der Waals surface area (Å²) in [6.07, 6.45) is 0. The minimum Gasteiger partial charge on any atom is -0.497 e. The number of guanidine groups is 1. The van der Waals surface area contributed by atoms with Gasteiger partial charge in [-0.2, -0.15) is 5.10 Å². The van der Waals surface area contributed by atoms with Gasteiger partial charge >= 0.3 is 0 Å². The van der Waals surface area contributed by atoms with Gasteiger partial charge in [-0.15, -0.1) is 0 Å². The molecule has 1 aliphatic heterocycles. The van der Waals surface area contributed by atoms with E-state index < -0.39 is 0 Å². The average Bonchev–Trinajstić information content (AvgIpc) is 3.41. The lowest BCUT2D eigenvalue weighted by molar-refractivity contribution is 0.102. The molecular weight excluding hydrogens is 368 g/mol. The molecule has 0 aliphatic carbocycles. The highest BCUT2D eigenvalue weighted by atomic mass is 16.5. The first kappa shape index (κ1) is 18.5. The van der Waals surface area contributed by atoms with Crippen LogP contribution in [0.3, 0.4) is 0 Å². The molecule has 0 bridgehead atoms. The summed E-state index contributed by atoms with van der Waals surface area (Å²) in [6.45, 7) is 3.50. The first-order valence-corrected chi connectivity index (χ1v) is 9.29. The Kier molecular flexibility index (Phi) is 5.15. The van der Waals surface area contributed by atoms with Crippen molar-refractivity contribution >= 4 is 34.2 Å². The number of aromatic amines is 1. The monoisotopic (exact) mass is 390 g/mol. The van der Waals surface area contributed by atoms with Crippen molar-refractivity contribution in [2.24, 2.45) is 10.1 Å². The molecule has 0 saturated carbocycles. The summed E-state index contributed by atoms with van der Waals surface area (Å²) in [4.78, 5) is 19.9. The van der Waals surface area contributed by atoms with Crippen LogP contribution in [0, 0.1) is 0 Å². The summed E-state index contributed by atoms with van der Waals surface area (Å²) in [7, 11) is 1.61. The Morgan fingerprint density at radius 1 is 1.17 bits per heavy atom. The van der Waals surface area contributed by atoms with Gasteiger partial charge in [0.05, 0.1) is 19.4 Å². The van der Waals surface area contributed by atoms with Crippen molar-refractivity contribution in [3.8, 4) is 5.75 Å². The number of carbonyl (C=O) groups excluding carboxylic acids is 1. The van der Waals surface area contributed by atoms with Gasteiger partial charge in [0.15, 0.2) is 0 Å². The van der Waals surface area contributed by atoms with Crippen molar-refractivity contribution in [1.82, 2.24) is 15.7 Å². The molecule has 1 aromatic heterocycles. The van der Waals surface area contributed by atoms with Crippen LogP contribution in [0.25, 0.3) is 10.9 Å². The van der Waals surface area contributed by atoms with Crippen LogP contribution in [-0.2, 0) is 0 Å². The molecule has 3 aromatic rings. The fourth-order valence-electron chi connectivity index (χ4n) is 3.02. The molecule has 0 fully saturated rings. The van der Waals surface area contributed by atoms with Crippen molar-refractivity contribution in [1.29, 1.82) is 0 Å². The second-order valence-corrected chi connectivity index (χ2v) is 6.63. The maximum absolute atomic E-state index is 12.6. The zero-order valence-corrected chi connectivity index (χ0v) is 16.2. The summed E-state index contributed by atoms with van der Waals surface area (Å²) in [6, 6.07) is 15.0. The molecule has 29 heavy (non-hydrogen) atoms. The Morgan fingerprint density at radius 2 is 2.00 bits per heavy atom. The van der Waals surface area contributed by atoms with Gasteiger partial charge in [-0.1, -0.05) is 12.1 Å². The SMILES string of the molecule is COc1ccc2cc(C(=O)Nc3ccc(/C(C)=N/NC4=NCCN4)cc3)[nH]c2c1. The standard InChI is InChI=1S/C21H22N6O2/c1-13(26-27-21-22-9-10-23-21)14-3-6-16(7-4-14)24-20(28)19-11-15-5-8-17(29-2)12-18(15)25-19/h3-8,11-12,25H,9-10H2,1-2H3,(H,24,28)(H2,22,23,27)/b26-13+. The van der Waals surface area contributed by atoms with Crippen LogP contribution in [0.2, 0.25) is 0 Å². The van der Waals surface area contributed by atoms with Crippen LogP contribution < -0.4 is 20.8 Å². The Bertz CT molecular complexity index is 1100. The Morgan fingerprint density at radius 3 is 2.72 bits per heavy atom. The molecule has 1 amide bonds. The molecule has 148 valence electrons. The molecule has 2 heterocycles. The summed E-state index contributed by atoms with van der Waals surface area (Å²) < 4.78 is 5.22. The number of hydrogen-bond donors (Lipinski definition) is 4. The predicted molar refractivity (Wildman–Crippen MR) is 115 cm³/mol. The van der Waals surface area contributed by atoms with Crippen molar-refractivity contribution in [2.75, 3.05) is 25.5 Å². The summed E-state index contributed by atoms with van der Waals surface area (Å²) in [5, 5.41) is 11.3. The van der Waals surface area contributed by atoms with Gasteiger partial charge in [0.1, 0.15) is 11.4 Å². The molecular formula is C21H22N6O2. The lowest BCUT2D eigenvalue weighted by atomic mass is 10.1. The number of H-pyrrole nitrogens is 1. The number of rotatable bonds is 5. The first-order chi connectivity index (χ1) is 14.1. The van der Waals surface area contributed by atoms with Gasteiger partial charge in [-0.25, -0.2) is 10.4 Å². The lowest BCUT2D eigenvalue weighted by Crippen LogP contribution is -2.30. The third kappa shape index (κ3) is 4.21. The molecule has 8 heteroatoms. The van der Waals surface area contributed by atoms with Crippen LogP contribution in [-0.4, -0.2) is 42.8 Å². The van der Waals surface area contributed by atoms with Gasteiger partial charge in [-0.3, -0.25) is 4.79 Å². The second kappa shape index (κ2) is 8.05. The smallest absolute Gasteiger partial charge is 0.272 e. The summed E-state index contributed by atoms with van der Waals surface area (Å²) in [5.41, 5.74) is 6.74. The largest absolute Gasteiger partial charge is 0.497 e. The summed E-state index contributed by atoms with van der Waals surface area (Å²) >= 11 is 0. The van der Waals surface area contributed by atoms with Gasteiger partial charge in [-0.05, 0) is 42.8 Å². The van der Waals surface area contributed by atoms with Crippen LogP contribution in [0.5, 0.6) is 5.75 Å². The van der Waals surface area contributed by atoms with Crippen molar-refractivity contribution in [3.05, 3.63) is 59.8 Å². The number of hydrogen-bond acceptors (Lipinski definition) is 6. The van der Waals surface area contributed by atoms with Crippen LogP contribution in [0.4, 0.5) is 5.69 Å². The minimum absolute atomic E-state index is 0.203. The van der Waals surface area contributed by atoms with Gasteiger partial charge < -0.3 is 20.4 Å². The molecule has 4 rings (SSSR count). The molecule has 4 N–H and O–H groups in total. The van der Waals surface area contributed by atoms with Crippen molar-refractivity contribution in [2.45, 2.75) is 6.92 Å². The molecule has 1 aliphatic rings. The lowest BCUT2D eigenvalue weighted by Gasteiger charge is -2.06. The summed E-state index contributed by atoms with van der Waals surface area (Å²) in [5.74, 6) is 1.22. The highest BCUT2D eigenvalue weighted by Gasteiger charge is 2.11. The maximum atomic E-state index is 12.6. The van der Waals surface area contributed by atoms with E-state index >= 15 is 0 Å². The van der Waals surface area contributed by atoms with Gasteiger partial charge in [0, 0.05) is 29.2 Å². The van der Waals surface area contributed by atoms with Crippen LogP contribution in [0.15, 0.2) is 58.6 Å². The zero-order valence-electron chi connectivity index (χ0n) is 16.2.